The lowest BCUT2D eigenvalue weighted by molar-refractivity contribution is -0.117. The molecule has 5 rings (SSSR count). The first-order valence-electron chi connectivity index (χ1n) is 12.7. The first kappa shape index (κ1) is 27.6. The minimum absolute atomic E-state index is 0.0662. The van der Waals surface area contributed by atoms with E-state index >= 15 is 0 Å². The van der Waals surface area contributed by atoms with Gasteiger partial charge >= 0.3 is 0 Å². The van der Waals surface area contributed by atoms with Crippen LogP contribution in [0, 0.1) is 11.3 Å². The molecule has 10 heteroatoms. The van der Waals surface area contributed by atoms with Gasteiger partial charge in [0, 0.05) is 30.6 Å². The number of ether oxygens (including phenoxy) is 3. The van der Waals surface area contributed by atoms with Crippen LogP contribution in [0.5, 0.6) is 23.0 Å². The standard InChI is InChI=1S/C31H27N3O6S/c1-38-26-9-5-11-28(18-26)41(36,37)33-24-7-4-8-25(17-24)34-20-23(16-31(34)35)22-12-13-29(39-2)30(15-22)40-27-10-3-6-21(14-27)19-32/h3-15,17-18,23,33H,16,20H2,1-2H3/t23-/m0/s1. The van der Waals surface area contributed by atoms with Crippen LogP contribution >= 0.6 is 0 Å². The van der Waals surface area contributed by atoms with Gasteiger partial charge in [-0.2, -0.15) is 5.26 Å². The van der Waals surface area contributed by atoms with Gasteiger partial charge in [0.15, 0.2) is 11.5 Å². The van der Waals surface area contributed by atoms with Crippen molar-refractivity contribution >= 4 is 27.3 Å². The summed E-state index contributed by atoms with van der Waals surface area (Å²) in [5, 5.41) is 9.20. The van der Waals surface area contributed by atoms with Crippen LogP contribution in [0.4, 0.5) is 11.4 Å². The molecule has 1 aliphatic rings. The maximum atomic E-state index is 13.1. The van der Waals surface area contributed by atoms with E-state index in [0.29, 0.717) is 46.5 Å². The molecule has 0 aromatic heterocycles. The second-order valence-electron chi connectivity index (χ2n) is 9.39. The Hall–Kier alpha value is -5.01. The summed E-state index contributed by atoms with van der Waals surface area (Å²) in [6, 6.07) is 27.4. The van der Waals surface area contributed by atoms with E-state index in [2.05, 4.69) is 10.8 Å². The maximum Gasteiger partial charge on any atom is 0.262 e. The largest absolute Gasteiger partial charge is 0.497 e. The third-order valence-electron chi connectivity index (χ3n) is 6.74. The Morgan fingerprint density at radius 3 is 2.44 bits per heavy atom. The molecular weight excluding hydrogens is 542 g/mol. The van der Waals surface area contributed by atoms with Gasteiger partial charge < -0.3 is 19.1 Å². The van der Waals surface area contributed by atoms with Crippen LogP contribution in [0.1, 0.15) is 23.5 Å². The smallest absolute Gasteiger partial charge is 0.262 e. The Bertz CT molecular complexity index is 1750. The first-order valence-corrected chi connectivity index (χ1v) is 14.2. The molecule has 0 aliphatic carbocycles. The van der Waals surface area contributed by atoms with Crippen LogP contribution in [0.3, 0.4) is 0 Å². The number of carbonyl (C=O) groups excluding carboxylic acids is 1. The van der Waals surface area contributed by atoms with Crippen LogP contribution in [-0.2, 0) is 14.8 Å². The van der Waals surface area contributed by atoms with Gasteiger partial charge in [0.2, 0.25) is 5.91 Å². The summed E-state index contributed by atoms with van der Waals surface area (Å²) in [6.45, 7) is 0.403. The van der Waals surface area contributed by atoms with Gasteiger partial charge in [0.25, 0.3) is 10.0 Å². The topological polar surface area (TPSA) is 118 Å². The van der Waals surface area contributed by atoms with Crippen LogP contribution in [0.15, 0.2) is 95.9 Å². The average molecular weight is 570 g/mol. The van der Waals surface area contributed by atoms with E-state index in [9.17, 15) is 18.5 Å². The van der Waals surface area contributed by atoms with E-state index in [0.717, 1.165) is 5.56 Å². The molecule has 0 saturated carbocycles. The van der Waals surface area contributed by atoms with Gasteiger partial charge in [-0.1, -0.05) is 24.3 Å². The van der Waals surface area contributed by atoms with E-state index < -0.39 is 10.0 Å². The zero-order valence-corrected chi connectivity index (χ0v) is 23.2. The number of hydrogen-bond donors (Lipinski definition) is 1. The molecule has 0 radical (unpaired) electrons. The Morgan fingerprint density at radius 1 is 0.878 bits per heavy atom. The molecule has 1 saturated heterocycles. The number of amides is 1. The zero-order chi connectivity index (χ0) is 29.0. The zero-order valence-electron chi connectivity index (χ0n) is 22.4. The number of rotatable bonds is 9. The quantitative estimate of drug-likeness (QED) is 0.275. The molecule has 1 atom stereocenters. The average Bonchev–Trinajstić information content (AvgIpc) is 3.38. The van der Waals surface area contributed by atoms with Crippen LogP contribution < -0.4 is 23.8 Å². The van der Waals surface area contributed by atoms with Crippen molar-refractivity contribution in [1.29, 1.82) is 5.26 Å². The minimum atomic E-state index is -3.87. The van der Waals surface area contributed by atoms with E-state index in [-0.39, 0.29) is 23.1 Å². The number of anilines is 2. The molecule has 41 heavy (non-hydrogen) atoms. The number of carbonyl (C=O) groups is 1. The molecule has 0 unspecified atom stereocenters. The molecule has 1 N–H and O–H groups in total. The highest BCUT2D eigenvalue weighted by Crippen LogP contribution is 2.38. The Morgan fingerprint density at radius 2 is 1.66 bits per heavy atom. The highest BCUT2D eigenvalue weighted by Gasteiger charge is 2.32. The van der Waals surface area contributed by atoms with Crippen LogP contribution in [-0.4, -0.2) is 35.1 Å². The number of nitrogens with one attached hydrogen (secondary N) is 1. The van der Waals surface area contributed by atoms with Crippen molar-refractivity contribution in [1.82, 2.24) is 0 Å². The van der Waals surface area contributed by atoms with Crippen molar-refractivity contribution in [2.45, 2.75) is 17.2 Å². The van der Waals surface area contributed by atoms with Crippen molar-refractivity contribution in [2.24, 2.45) is 0 Å². The van der Waals surface area contributed by atoms with Crippen LogP contribution in [0.2, 0.25) is 0 Å². The van der Waals surface area contributed by atoms with Crippen molar-refractivity contribution in [3.8, 4) is 29.1 Å². The molecule has 1 aliphatic heterocycles. The maximum absolute atomic E-state index is 13.1. The number of nitriles is 1. The lowest BCUT2D eigenvalue weighted by Gasteiger charge is -2.19. The number of methoxy groups -OCH3 is 2. The van der Waals surface area contributed by atoms with Gasteiger partial charge in [-0.25, -0.2) is 8.42 Å². The molecule has 4 aromatic carbocycles. The number of sulfonamides is 1. The van der Waals surface area contributed by atoms with Gasteiger partial charge in [0.1, 0.15) is 11.5 Å². The molecule has 1 amide bonds. The molecule has 9 nitrogen and oxygen atoms in total. The van der Waals surface area contributed by atoms with Crippen LogP contribution in [0.25, 0.3) is 0 Å². The number of nitrogens with zero attached hydrogens (tertiary/aromatic N) is 2. The van der Waals surface area contributed by atoms with Gasteiger partial charge in [0.05, 0.1) is 36.4 Å². The summed E-state index contributed by atoms with van der Waals surface area (Å²) in [6.07, 6.45) is 0.273. The molecule has 4 aromatic rings. The Balaban J connectivity index is 1.35. The van der Waals surface area contributed by atoms with E-state index in [1.54, 1.807) is 78.7 Å². The second kappa shape index (κ2) is 11.6. The van der Waals surface area contributed by atoms with Gasteiger partial charge in [-0.3, -0.25) is 9.52 Å². The van der Waals surface area contributed by atoms with Gasteiger partial charge in [-0.15, -0.1) is 0 Å². The van der Waals surface area contributed by atoms with E-state index in [1.807, 2.05) is 12.1 Å². The predicted octanol–water partition coefficient (Wildman–Crippen LogP) is 5.69. The lowest BCUT2D eigenvalue weighted by Crippen LogP contribution is -2.24. The third kappa shape index (κ3) is 6.10. The molecule has 208 valence electrons. The number of hydrogen-bond acceptors (Lipinski definition) is 7. The molecular formula is C31H27N3O6S. The summed E-state index contributed by atoms with van der Waals surface area (Å²) in [4.78, 5) is 14.8. The normalized spacial score (nSPS) is 14.8. The van der Waals surface area contributed by atoms with Crippen molar-refractivity contribution < 1.29 is 27.4 Å². The fraction of sp³-hybridized carbons (Fsp3) is 0.161. The predicted molar refractivity (Wildman–Crippen MR) is 154 cm³/mol. The third-order valence-corrected chi connectivity index (χ3v) is 8.12. The Kier molecular flexibility index (Phi) is 7.81. The summed E-state index contributed by atoms with van der Waals surface area (Å²) in [5.74, 6) is 1.71. The Labute approximate surface area is 238 Å². The first-order chi connectivity index (χ1) is 19.8. The molecule has 1 heterocycles. The SMILES string of the molecule is COc1cccc(S(=O)(=O)Nc2cccc(N3C[C@@H](c4ccc(OC)c(Oc5cccc(C#N)c5)c4)CC3=O)c2)c1. The summed E-state index contributed by atoms with van der Waals surface area (Å²) < 4.78 is 45.2. The van der Waals surface area contributed by atoms with Crippen molar-refractivity contribution in [2.75, 3.05) is 30.4 Å². The fourth-order valence-electron chi connectivity index (χ4n) is 4.68. The molecule has 0 bridgehead atoms. The summed E-state index contributed by atoms with van der Waals surface area (Å²) >= 11 is 0. The fourth-order valence-corrected chi connectivity index (χ4v) is 5.77. The molecule has 0 spiro atoms. The minimum Gasteiger partial charge on any atom is -0.497 e. The van der Waals surface area contributed by atoms with E-state index in [4.69, 9.17) is 14.2 Å². The molecule has 1 fully saturated rings. The highest BCUT2D eigenvalue weighted by atomic mass is 32.2. The summed E-state index contributed by atoms with van der Waals surface area (Å²) in [5.41, 5.74) is 2.29. The van der Waals surface area contributed by atoms with Gasteiger partial charge in [-0.05, 0) is 66.2 Å². The van der Waals surface area contributed by atoms with Crippen molar-refractivity contribution in [3.05, 3.63) is 102 Å². The van der Waals surface area contributed by atoms with E-state index in [1.165, 1.54) is 19.2 Å². The lowest BCUT2D eigenvalue weighted by atomic mass is 9.98. The van der Waals surface area contributed by atoms with Crippen molar-refractivity contribution in [3.63, 3.8) is 0 Å². The number of benzene rings is 4. The highest BCUT2D eigenvalue weighted by molar-refractivity contribution is 7.92. The second-order valence-corrected chi connectivity index (χ2v) is 11.1. The monoisotopic (exact) mass is 569 g/mol. The summed E-state index contributed by atoms with van der Waals surface area (Å²) in [7, 11) is -0.857.